The zero-order valence-electron chi connectivity index (χ0n) is 9.77. The van der Waals surface area contributed by atoms with Gasteiger partial charge in [0.2, 0.25) is 0 Å². The van der Waals surface area contributed by atoms with Gasteiger partial charge in [-0.3, -0.25) is 14.6 Å². The molecule has 0 unspecified atom stereocenters. The van der Waals surface area contributed by atoms with Crippen molar-refractivity contribution < 1.29 is 0 Å². The molecule has 14 heavy (non-hydrogen) atoms. The van der Waals surface area contributed by atoms with Crippen LogP contribution in [0.5, 0.6) is 0 Å². The fraction of sp³-hybridized carbons (Fsp3) is 0.727. The molecule has 1 heterocycles. The summed E-state index contributed by atoms with van der Waals surface area (Å²) in [6, 6.07) is 0. The predicted octanol–water partition coefficient (Wildman–Crippen LogP) is 1.96. The van der Waals surface area contributed by atoms with Gasteiger partial charge < -0.3 is 0 Å². The fourth-order valence-electron chi connectivity index (χ4n) is 1.81. The first-order chi connectivity index (χ1) is 6.38. The average Bonchev–Trinajstić information content (AvgIpc) is 2.27. The number of nitrogens with zero attached hydrogens (tertiary/aromatic N) is 1. The Bertz CT molecular complexity index is 366. The second kappa shape index (κ2) is 3.64. The van der Waals surface area contributed by atoms with Crippen molar-refractivity contribution in [3.05, 3.63) is 21.6 Å². The number of hydrogen-bond donors (Lipinski definition) is 1. The van der Waals surface area contributed by atoms with E-state index in [1.54, 1.807) is 11.7 Å². The molecule has 80 valence electrons. The summed E-state index contributed by atoms with van der Waals surface area (Å²) in [7, 11) is 1.77. The number of hydrogen-bond acceptors (Lipinski definition) is 1. The van der Waals surface area contributed by atoms with Crippen LogP contribution >= 0.6 is 0 Å². The first kappa shape index (κ1) is 11.1. The van der Waals surface area contributed by atoms with E-state index in [0.29, 0.717) is 0 Å². The Labute approximate surface area is 85.1 Å². The van der Waals surface area contributed by atoms with Gasteiger partial charge in [0, 0.05) is 18.3 Å². The van der Waals surface area contributed by atoms with Gasteiger partial charge in [0.1, 0.15) is 0 Å². The predicted molar refractivity (Wildman–Crippen MR) is 58.7 cm³/mol. The molecule has 0 amide bonds. The molecule has 1 aromatic rings. The van der Waals surface area contributed by atoms with E-state index in [4.69, 9.17) is 0 Å². The summed E-state index contributed by atoms with van der Waals surface area (Å²) in [5, 5.41) is 3.12. The van der Waals surface area contributed by atoms with Crippen molar-refractivity contribution in [1.29, 1.82) is 0 Å². The molecule has 3 nitrogen and oxygen atoms in total. The van der Waals surface area contributed by atoms with Crippen LogP contribution in [0.2, 0.25) is 0 Å². The number of rotatable bonds is 2. The molecule has 1 N–H and O–H groups in total. The van der Waals surface area contributed by atoms with Crippen molar-refractivity contribution in [2.45, 2.75) is 46.0 Å². The zero-order valence-corrected chi connectivity index (χ0v) is 9.77. The highest BCUT2D eigenvalue weighted by Gasteiger charge is 2.24. The van der Waals surface area contributed by atoms with Crippen molar-refractivity contribution in [3.63, 3.8) is 0 Å². The third-order valence-corrected chi connectivity index (χ3v) is 2.37. The minimum Gasteiger partial charge on any atom is -0.300 e. The van der Waals surface area contributed by atoms with Crippen LogP contribution in [0.25, 0.3) is 0 Å². The van der Waals surface area contributed by atoms with Crippen molar-refractivity contribution in [2.24, 2.45) is 7.05 Å². The molecule has 0 radical (unpaired) electrons. The summed E-state index contributed by atoms with van der Waals surface area (Å²) in [5.41, 5.74) is 2.06. The first-order valence-electron chi connectivity index (χ1n) is 5.16. The Morgan fingerprint density at radius 3 is 2.36 bits per heavy atom. The van der Waals surface area contributed by atoms with Crippen LogP contribution in [0.3, 0.4) is 0 Å². The molecule has 0 fully saturated rings. The minimum absolute atomic E-state index is 0.0701. The Kier molecular flexibility index (Phi) is 2.88. The maximum Gasteiger partial charge on any atom is 0.270 e. The summed E-state index contributed by atoms with van der Waals surface area (Å²) in [5.74, 6) is 0. The van der Waals surface area contributed by atoms with Gasteiger partial charge in [-0.05, 0) is 11.8 Å². The zero-order chi connectivity index (χ0) is 10.9. The summed E-state index contributed by atoms with van der Waals surface area (Å²) in [6.45, 7) is 8.36. The van der Waals surface area contributed by atoms with Crippen LogP contribution < -0.4 is 5.56 Å². The Balaban J connectivity index is 3.31. The second-order valence-corrected chi connectivity index (χ2v) is 4.83. The first-order valence-corrected chi connectivity index (χ1v) is 5.16. The number of H-pyrrole nitrogens is 1. The average molecular weight is 196 g/mol. The topological polar surface area (TPSA) is 37.8 Å². The molecule has 0 aliphatic rings. The normalized spacial score (nSPS) is 12.1. The minimum atomic E-state index is -0.0701. The highest BCUT2D eigenvalue weighted by Crippen LogP contribution is 2.22. The molecule has 0 aliphatic carbocycles. The Morgan fingerprint density at radius 1 is 1.36 bits per heavy atom. The van der Waals surface area contributed by atoms with Gasteiger partial charge in [-0.1, -0.05) is 34.1 Å². The molecule has 0 saturated heterocycles. The third kappa shape index (κ3) is 1.91. The van der Waals surface area contributed by atoms with Crippen LogP contribution in [0.4, 0.5) is 0 Å². The van der Waals surface area contributed by atoms with E-state index in [1.165, 1.54) is 0 Å². The smallest absolute Gasteiger partial charge is 0.270 e. The van der Waals surface area contributed by atoms with Crippen molar-refractivity contribution in [2.75, 3.05) is 0 Å². The Hall–Kier alpha value is -0.990. The third-order valence-electron chi connectivity index (χ3n) is 2.37. The van der Waals surface area contributed by atoms with Crippen LogP contribution in [-0.4, -0.2) is 9.78 Å². The molecular weight excluding hydrogens is 176 g/mol. The van der Waals surface area contributed by atoms with E-state index in [2.05, 4.69) is 32.8 Å². The molecule has 0 atom stereocenters. The maximum atomic E-state index is 11.8. The van der Waals surface area contributed by atoms with Crippen LogP contribution in [0.1, 0.15) is 45.4 Å². The van der Waals surface area contributed by atoms with Gasteiger partial charge in [-0.15, -0.1) is 0 Å². The standard InChI is InChI=1S/C11H20N2O/c1-6-7-8-9(11(2,3)4)10(14)13(5)12-8/h12H,6-7H2,1-5H3. The van der Waals surface area contributed by atoms with E-state index in [0.717, 1.165) is 24.1 Å². The molecule has 3 heteroatoms. The Morgan fingerprint density at radius 2 is 1.93 bits per heavy atom. The SMILES string of the molecule is CCCc1[nH]n(C)c(=O)c1C(C)(C)C. The lowest BCUT2D eigenvalue weighted by molar-refractivity contribution is 0.575. The number of aromatic amines is 1. The highest BCUT2D eigenvalue weighted by atomic mass is 16.1. The molecule has 0 bridgehead atoms. The highest BCUT2D eigenvalue weighted by molar-refractivity contribution is 5.25. The lowest BCUT2D eigenvalue weighted by Crippen LogP contribution is -2.25. The van der Waals surface area contributed by atoms with Gasteiger partial charge in [-0.2, -0.15) is 0 Å². The lowest BCUT2D eigenvalue weighted by atomic mass is 9.86. The van der Waals surface area contributed by atoms with E-state index >= 15 is 0 Å². The molecule has 1 aromatic heterocycles. The summed E-state index contributed by atoms with van der Waals surface area (Å²) in [4.78, 5) is 11.8. The van der Waals surface area contributed by atoms with E-state index in [9.17, 15) is 4.79 Å². The van der Waals surface area contributed by atoms with Gasteiger partial charge in [0.25, 0.3) is 5.56 Å². The van der Waals surface area contributed by atoms with Gasteiger partial charge in [-0.25, -0.2) is 0 Å². The quantitative estimate of drug-likeness (QED) is 0.771. The molecule has 0 saturated carbocycles. The van der Waals surface area contributed by atoms with Gasteiger partial charge >= 0.3 is 0 Å². The van der Waals surface area contributed by atoms with Gasteiger partial charge in [0.15, 0.2) is 0 Å². The van der Waals surface area contributed by atoms with Crippen LogP contribution in [0, 0.1) is 0 Å². The second-order valence-electron chi connectivity index (χ2n) is 4.83. The molecule has 1 rings (SSSR count). The molecule has 0 spiro atoms. The summed E-state index contributed by atoms with van der Waals surface area (Å²) < 4.78 is 1.57. The van der Waals surface area contributed by atoms with E-state index in [1.807, 2.05) is 0 Å². The number of nitrogens with one attached hydrogen (secondary N) is 1. The van der Waals surface area contributed by atoms with Crippen molar-refractivity contribution in [1.82, 2.24) is 9.78 Å². The van der Waals surface area contributed by atoms with E-state index in [-0.39, 0.29) is 11.0 Å². The van der Waals surface area contributed by atoms with Crippen LogP contribution in [-0.2, 0) is 18.9 Å². The van der Waals surface area contributed by atoms with Gasteiger partial charge in [0.05, 0.1) is 0 Å². The largest absolute Gasteiger partial charge is 0.300 e. The summed E-state index contributed by atoms with van der Waals surface area (Å²) >= 11 is 0. The molecule has 0 aromatic carbocycles. The number of aromatic nitrogens is 2. The monoisotopic (exact) mass is 196 g/mol. The van der Waals surface area contributed by atoms with E-state index < -0.39 is 0 Å². The summed E-state index contributed by atoms with van der Waals surface area (Å²) in [6.07, 6.45) is 2.01. The maximum absolute atomic E-state index is 11.8. The number of aryl methyl sites for hydroxylation is 2. The fourth-order valence-corrected chi connectivity index (χ4v) is 1.81. The lowest BCUT2D eigenvalue weighted by Gasteiger charge is -2.17. The van der Waals surface area contributed by atoms with Crippen molar-refractivity contribution in [3.8, 4) is 0 Å². The molecular formula is C11H20N2O. The van der Waals surface area contributed by atoms with Crippen LogP contribution in [0.15, 0.2) is 4.79 Å². The van der Waals surface area contributed by atoms with Crippen molar-refractivity contribution >= 4 is 0 Å². The molecule has 0 aliphatic heterocycles.